The predicted molar refractivity (Wildman–Crippen MR) is 74.4 cm³/mol. The van der Waals surface area contributed by atoms with Crippen LogP contribution in [0.2, 0.25) is 5.02 Å². The Hall–Kier alpha value is -1.27. The van der Waals surface area contributed by atoms with Crippen molar-refractivity contribution in [2.75, 3.05) is 26.7 Å². The SMILES string of the molecule is CN1CCC(CNC(=O)c2cc(Cl)cc(C(F)(F)F)c2)C1. The standard InChI is InChI=1S/C14H16ClF3N2O/c1-20-3-2-9(8-20)7-19-13(21)10-4-11(14(16,17)18)6-12(15)5-10/h4-6,9H,2-3,7-8H2,1H3,(H,19,21). The van der Waals surface area contributed by atoms with E-state index in [0.717, 1.165) is 31.6 Å². The number of benzene rings is 1. The highest BCUT2D eigenvalue weighted by Crippen LogP contribution is 2.31. The number of hydrogen-bond donors (Lipinski definition) is 1. The van der Waals surface area contributed by atoms with Gasteiger partial charge in [0.25, 0.3) is 5.91 Å². The summed E-state index contributed by atoms with van der Waals surface area (Å²) in [6.45, 7) is 2.30. The first-order chi connectivity index (χ1) is 9.75. The van der Waals surface area contributed by atoms with Crippen LogP contribution in [0.3, 0.4) is 0 Å². The van der Waals surface area contributed by atoms with Crippen molar-refractivity contribution in [2.24, 2.45) is 5.92 Å². The monoisotopic (exact) mass is 320 g/mol. The first kappa shape index (κ1) is 16.1. The lowest BCUT2D eigenvalue weighted by molar-refractivity contribution is -0.137. The van der Waals surface area contributed by atoms with Gasteiger partial charge >= 0.3 is 6.18 Å². The van der Waals surface area contributed by atoms with Gasteiger partial charge in [0.1, 0.15) is 0 Å². The molecule has 1 N–H and O–H groups in total. The summed E-state index contributed by atoms with van der Waals surface area (Å²) in [5, 5.41) is 2.57. The normalized spacial score (nSPS) is 19.8. The van der Waals surface area contributed by atoms with E-state index in [0.29, 0.717) is 12.5 Å². The van der Waals surface area contributed by atoms with Crippen LogP contribution in [0, 0.1) is 5.92 Å². The summed E-state index contributed by atoms with van der Waals surface area (Å²) in [6, 6.07) is 2.87. The number of likely N-dealkylation sites (tertiary alicyclic amines) is 1. The van der Waals surface area contributed by atoms with Gasteiger partial charge in [-0.05, 0) is 44.1 Å². The topological polar surface area (TPSA) is 32.3 Å². The molecule has 116 valence electrons. The second-order valence-electron chi connectivity index (χ2n) is 5.35. The van der Waals surface area contributed by atoms with Gasteiger partial charge in [-0.1, -0.05) is 11.6 Å². The molecule has 1 saturated heterocycles. The number of carbonyl (C=O) groups excluding carboxylic acids is 1. The van der Waals surface area contributed by atoms with Crippen LogP contribution in [0.25, 0.3) is 0 Å². The van der Waals surface area contributed by atoms with Gasteiger partial charge in [-0.3, -0.25) is 4.79 Å². The van der Waals surface area contributed by atoms with E-state index in [1.165, 1.54) is 6.07 Å². The van der Waals surface area contributed by atoms with Crippen molar-refractivity contribution in [1.82, 2.24) is 10.2 Å². The molecule has 1 heterocycles. The molecule has 0 aromatic heterocycles. The lowest BCUT2D eigenvalue weighted by atomic mass is 10.1. The van der Waals surface area contributed by atoms with Crippen molar-refractivity contribution in [3.63, 3.8) is 0 Å². The van der Waals surface area contributed by atoms with Crippen molar-refractivity contribution < 1.29 is 18.0 Å². The molecule has 0 radical (unpaired) electrons. The molecule has 3 nitrogen and oxygen atoms in total. The molecule has 1 aromatic carbocycles. The second kappa shape index (κ2) is 6.23. The Kier molecular flexibility index (Phi) is 4.78. The number of amides is 1. The van der Waals surface area contributed by atoms with Crippen LogP contribution < -0.4 is 5.32 Å². The molecule has 1 aliphatic rings. The Morgan fingerprint density at radius 3 is 2.71 bits per heavy atom. The minimum Gasteiger partial charge on any atom is -0.352 e. The molecule has 0 bridgehead atoms. The molecule has 1 atom stereocenters. The van der Waals surface area contributed by atoms with Crippen LogP contribution >= 0.6 is 11.6 Å². The number of carbonyl (C=O) groups is 1. The highest BCUT2D eigenvalue weighted by Gasteiger charge is 2.31. The molecule has 0 saturated carbocycles. The number of alkyl halides is 3. The van der Waals surface area contributed by atoms with Crippen molar-refractivity contribution in [1.29, 1.82) is 0 Å². The van der Waals surface area contributed by atoms with Gasteiger partial charge in [-0.15, -0.1) is 0 Å². The Morgan fingerprint density at radius 2 is 2.14 bits per heavy atom. The quantitative estimate of drug-likeness (QED) is 0.928. The van der Waals surface area contributed by atoms with Crippen molar-refractivity contribution >= 4 is 17.5 Å². The molecule has 1 aromatic rings. The summed E-state index contributed by atoms with van der Waals surface area (Å²) >= 11 is 5.66. The minimum atomic E-state index is -4.52. The molecule has 21 heavy (non-hydrogen) atoms. The molecule has 2 rings (SSSR count). The fourth-order valence-electron chi connectivity index (χ4n) is 2.42. The summed E-state index contributed by atoms with van der Waals surface area (Å²) in [6.07, 6.45) is -3.55. The summed E-state index contributed by atoms with van der Waals surface area (Å²) in [7, 11) is 1.99. The van der Waals surface area contributed by atoms with Crippen LogP contribution in [-0.2, 0) is 6.18 Å². The molecular weight excluding hydrogens is 305 g/mol. The van der Waals surface area contributed by atoms with Crippen molar-refractivity contribution in [3.8, 4) is 0 Å². The number of halogens is 4. The zero-order valence-corrected chi connectivity index (χ0v) is 12.3. The lowest BCUT2D eigenvalue weighted by Gasteiger charge is -2.13. The first-order valence-corrected chi connectivity index (χ1v) is 6.98. The van der Waals surface area contributed by atoms with E-state index in [2.05, 4.69) is 10.2 Å². The summed E-state index contributed by atoms with van der Waals surface area (Å²) in [5.41, 5.74) is -0.984. The molecule has 1 aliphatic heterocycles. The third-order valence-electron chi connectivity index (χ3n) is 3.53. The van der Waals surface area contributed by atoms with E-state index in [-0.39, 0.29) is 10.6 Å². The van der Waals surface area contributed by atoms with E-state index in [9.17, 15) is 18.0 Å². The van der Waals surface area contributed by atoms with Gasteiger partial charge in [0.05, 0.1) is 5.56 Å². The van der Waals surface area contributed by atoms with Crippen LogP contribution in [0.5, 0.6) is 0 Å². The average Bonchev–Trinajstić information content (AvgIpc) is 2.80. The second-order valence-corrected chi connectivity index (χ2v) is 5.79. The van der Waals surface area contributed by atoms with Gasteiger partial charge < -0.3 is 10.2 Å². The Balaban J connectivity index is 2.03. The third-order valence-corrected chi connectivity index (χ3v) is 3.75. The van der Waals surface area contributed by atoms with E-state index in [1.54, 1.807) is 0 Å². The van der Waals surface area contributed by atoms with E-state index in [1.807, 2.05) is 7.05 Å². The Morgan fingerprint density at radius 1 is 1.43 bits per heavy atom. The van der Waals surface area contributed by atoms with Gasteiger partial charge in [0.15, 0.2) is 0 Å². The molecule has 0 spiro atoms. The van der Waals surface area contributed by atoms with Crippen molar-refractivity contribution in [3.05, 3.63) is 34.3 Å². The Labute approximate surface area is 126 Å². The van der Waals surface area contributed by atoms with Gasteiger partial charge in [-0.25, -0.2) is 0 Å². The molecule has 7 heteroatoms. The predicted octanol–water partition coefficient (Wildman–Crippen LogP) is 3.04. The largest absolute Gasteiger partial charge is 0.416 e. The minimum absolute atomic E-state index is 0.0684. The number of nitrogens with zero attached hydrogens (tertiary/aromatic N) is 1. The highest BCUT2D eigenvalue weighted by atomic mass is 35.5. The van der Waals surface area contributed by atoms with Gasteiger partial charge in [0.2, 0.25) is 0 Å². The smallest absolute Gasteiger partial charge is 0.352 e. The van der Waals surface area contributed by atoms with E-state index in [4.69, 9.17) is 11.6 Å². The number of hydrogen-bond acceptors (Lipinski definition) is 2. The van der Waals surface area contributed by atoms with Crippen LogP contribution in [0.15, 0.2) is 18.2 Å². The highest BCUT2D eigenvalue weighted by molar-refractivity contribution is 6.31. The van der Waals surface area contributed by atoms with Crippen LogP contribution in [0.4, 0.5) is 13.2 Å². The van der Waals surface area contributed by atoms with Gasteiger partial charge in [0, 0.05) is 23.7 Å². The fourth-order valence-corrected chi connectivity index (χ4v) is 2.65. The number of rotatable bonds is 3. The molecule has 0 aliphatic carbocycles. The molecular formula is C14H16ClF3N2O. The molecule has 1 amide bonds. The maximum Gasteiger partial charge on any atom is 0.416 e. The van der Waals surface area contributed by atoms with Crippen LogP contribution in [-0.4, -0.2) is 37.5 Å². The van der Waals surface area contributed by atoms with E-state index < -0.39 is 17.6 Å². The summed E-state index contributed by atoms with van der Waals surface area (Å²) < 4.78 is 38.1. The maximum absolute atomic E-state index is 12.7. The summed E-state index contributed by atoms with van der Waals surface area (Å²) in [4.78, 5) is 14.1. The fraction of sp³-hybridized carbons (Fsp3) is 0.500. The zero-order valence-electron chi connectivity index (χ0n) is 11.5. The maximum atomic E-state index is 12.7. The van der Waals surface area contributed by atoms with Gasteiger partial charge in [-0.2, -0.15) is 13.2 Å². The number of nitrogens with one attached hydrogen (secondary N) is 1. The van der Waals surface area contributed by atoms with Crippen LogP contribution in [0.1, 0.15) is 22.3 Å². The lowest BCUT2D eigenvalue weighted by Crippen LogP contribution is -2.30. The average molecular weight is 321 g/mol. The van der Waals surface area contributed by atoms with E-state index >= 15 is 0 Å². The summed E-state index contributed by atoms with van der Waals surface area (Å²) in [5.74, 6) is -0.197. The molecule has 1 unspecified atom stereocenters. The third kappa shape index (κ3) is 4.35. The Bertz CT molecular complexity index is 533. The van der Waals surface area contributed by atoms with Crippen molar-refractivity contribution in [2.45, 2.75) is 12.6 Å². The molecule has 1 fully saturated rings. The first-order valence-electron chi connectivity index (χ1n) is 6.60. The zero-order chi connectivity index (χ0) is 15.6.